The van der Waals surface area contributed by atoms with Crippen molar-refractivity contribution in [2.45, 2.75) is 32.4 Å². The molecule has 0 saturated carbocycles. The summed E-state index contributed by atoms with van der Waals surface area (Å²) in [6.45, 7) is 7.51. The van der Waals surface area contributed by atoms with Gasteiger partial charge in [0.05, 0.1) is 0 Å². The molecule has 2 rings (SSSR count). The molecule has 1 aliphatic rings. The number of hydrogen-bond acceptors (Lipinski definition) is 4. The van der Waals surface area contributed by atoms with Gasteiger partial charge in [-0.15, -0.1) is 0 Å². The number of piperazine rings is 1. The van der Waals surface area contributed by atoms with Crippen LogP contribution in [0.3, 0.4) is 0 Å². The van der Waals surface area contributed by atoms with E-state index in [4.69, 9.17) is 20.8 Å². The largest absolute Gasteiger partial charge is 0.447 e. The Morgan fingerprint density at radius 2 is 2.26 bits per heavy atom. The van der Waals surface area contributed by atoms with Gasteiger partial charge in [-0.1, -0.05) is 0 Å². The molecule has 1 aromatic rings. The van der Waals surface area contributed by atoms with Crippen molar-refractivity contribution in [2.24, 2.45) is 0 Å². The highest BCUT2D eigenvalue weighted by Gasteiger charge is 2.33. The Balaban J connectivity index is 2.14. The molecule has 0 bridgehead atoms. The maximum Gasteiger partial charge on any atom is 0.411 e. The van der Waals surface area contributed by atoms with Crippen LogP contribution in [0, 0.1) is 0 Å². The fraction of sp³-hybridized carbons (Fsp3) is 0.615. The first kappa shape index (κ1) is 14.2. The summed E-state index contributed by atoms with van der Waals surface area (Å²) in [5.41, 5.74) is -0.507. The molecule has 2 heterocycles. The molecule has 6 heteroatoms. The Bertz CT molecular complexity index is 453. The van der Waals surface area contributed by atoms with Gasteiger partial charge < -0.3 is 14.5 Å². The van der Waals surface area contributed by atoms with Gasteiger partial charge in [-0.25, -0.2) is 4.79 Å². The first-order chi connectivity index (χ1) is 8.87. The van der Waals surface area contributed by atoms with E-state index in [2.05, 4.69) is 5.32 Å². The van der Waals surface area contributed by atoms with E-state index in [1.807, 2.05) is 20.8 Å². The second kappa shape index (κ2) is 5.43. The molecule has 1 aromatic heterocycles. The molecule has 0 radical (unpaired) electrons. The van der Waals surface area contributed by atoms with Crippen LogP contribution in [0.1, 0.15) is 32.6 Å². The van der Waals surface area contributed by atoms with Crippen LogP contribution < -0.4 is 5.32 Å². The lowest BCUT2D eigenvalue weighted by Gasteiger charge is -2.36. The highest BCUT2D eigenvalue weighted by molar-refractivity contribution is 6.28. The van der Waals surface area contributed by atoms with Gasteiger partial charge in [0.1, 0.15) is 17.4 Å². The standard InChI is InChI=1S/C13H19ClN2O3/c1-13(2,3)19-12(17)16-7-6-15-8-9(16)10-4-5-11(14)18-10/h4-5,9,15H,6-8H2,1-3H3. The van der Waals surface area contributed by atoms with Gasteiger partial charge in [0.2, 0.25) is 0 Å². The van der Waals surface area contributed by atoms with Gasteiger partial charge >= 0.3 is 6.09 Å². The van der Waals surface area contributed by atoms with Crippen LogP contribution in [0.25, 0.3) is 0 Å². The number of furan rings is 1. The summed E-state index contributed by atoms with van der Waals surface area (Å²) >= 11 is 5.79. The van der Waals surface area contributed by atoms with Crippen LogP contribution in [0.15, 0.2) is 16.5 Å². The molecule has 1 atom stereocenters. The Labute approximate surface area is 117 Å². The minimum absolute atomic E-state index is 0.184. The van der Waals surface area contributed by atoms with Crippen LogP contribution in [0.4, 0.5) is 4.79 Å². The van der Waals surface area contributed by atoms with Crippen LogP contribution in [0.5, 0.6) is 0 Å². The van der Waals surface area contributed by atoms with E-state index in [1.165, 1.54) is 0 Å². The maximum absolute atomic E-state index is 12.2. The summed E-state index contributed by atoms with van der Waals surface area (Å²) in [5.74, 6) is 0.669. The summed E-state index contributed by atoms with van der Waals surface area (Å²) in [5, 5.41) is 3.56. The number of nitrogens with one attached hydrogen (secondary N) is 1. The third-order valence-corrected chi connectivity index (χ3v) is 3.00. The molecule has 106 valence electrons. The predicted octanol–water partition coefficient (Wildman–Crippen LogP) is 2.81. The van der Waals surface area contributed by atoms with Crippen molar-refractivity contribution in [3.05, 3.63) is 23.1 Å². The quantitative estimate of drug-likeness (QED) is 0.862. The van der Waals surface area contributed by atoms with Gasteiger partial charge in [0.15, 0.2) is 5.22 Å². The summed E-state index contributed by atoms with van der Waals surface area (Å²) in [6, 6.07) is 3.28. The first-order valence-corrected chi connectivity index (χ1v) is 6.70. The molecular weight excluding hydrogens is 268 g/mol. The van der Waals surface area contributed by atoms with E-state index < -0.39 is 5.60 Å². The van der Waals surface area contributed by atoms with Crippen molar-refractivity contribution in [2.75, 3.05) is 19.6 Å². The topological polar surface area (TPSA) is 54.7 Å². The lowest BCUT2D eigenvalue weighted by atomic mass is 10.1. The second-order valence-corrected chi connectivity index (χ2v) is 5.91. The number of amides is 1. The van der Waals surface area contributed by atoms with Gasteiger partial charge in [0, 0.05) is 19.6 Å². The molecule has 0 aromatic carbocycles. The minimum Gasteiger partial charge on any atom is -0.447 e. The molecule has 19 heavy (non-hydrogen) atoms. The molecule has 1 unspecified atom stereocenters. The monoisotopic (exact) mass is 286 g/mol. The summed E-state index contributed by atoms with van der Waals surface area (Å²) in [6.07, 6.45) is -0.327. The summed E-state index contributed by atoms with van der Waals surface area (Å²) in [4.78, 5) is 13.9. The summed E-state index contributed by atoms with van der Waals surface area (Å²) < 4.78 is 10.8. The SMILES string of the molecule is CC(C)(C)OC(=O)N1CCNCC1c1ccc(Cl)o1. The van der Waals surface area contributed by atoms with Gasteiger partial charge in [0.25, 0.3) is 0 Å². The number of carbonyl (C=O) groups excluding carboxylic acids is 1. The number of ether oxygens (including phenoxy) is 1. The number of carbonyl (C=O) groups is 1. The van der Waals surface area contributed by atoms with Gasteiger partial charge in [-0.05, 0) is 44.5 Å². The van der Waals surface area contributed by atoms with E-state index in [0.29, 0.717) is 24.1 Å². The van der Waals surface area contributed by atoms with Crippen molar-refractivity contribution >= 4 is 17.7 Å². The smallest absolute Gasteiger partial charge is 0.411 e. The van der Waals surface area contributed by atoms with Crippen LogP contribution in [-0.2, 0) is 4.74 Å². The Hall–Kier alpha value is -1.20. The van der Waals surface area contributed by atoms with Crippen LogP contribution in [-0.4, -0.2) is 36.2 Å². The van der Waals surface area contributed by atoms with Crippen LogP contribution in [0.2, 0.25) is 5.22 Å². The highest BCUT2D eigenvalue weighted by Crippen LogP contribution is 2.27. The zero-order valence-electron chi connectivity index (χ0n) is 11.4. The van der Waals surface area contributed by atoms with Crippen molar-refractivity contribution < 1.29 is 13.9 Å². The molecule has 1 fully saturated rings. The molecule has 1 amide bonds. The third kappa shape index (κ3) is 3.64. The minimum atomic E-state index is -0.507. The molecule has 1 N–H and O–H groups in total. The Kier molecular flexibility index (Phi) is 4.06. The fourth-order valence-corrected chi connectivity index (χ4v) is 2.16. The zero-order chi connectivity index (χ0) is 14.0. The predicted molar refractivity (Wildman–Crippen MR) is 72.3 cm³/mol. The Morgan fingerprint density at radius 1 is 1.53 bits per heavy atom. The van der Waals surface area contributed by atoms with Gasteiger partial charge in [-0.2, -0.15) is 0 Å². The van der Waals surface area contributed by atoms with E-state index in [0.717, 1.165) is 6.54 Å². The average Bonchev–Trinajstić information content (AvgIpc) is 2.73. The molecular formula is C13H19ClN2O3. The molecule has 0 aliphatic carbocycles. The number of nitrogens with zero attached hydrogens (tertiary/aromatic N) is 1. The van der Waals surface area contributed by atoms with Gasteiger partial charge in [-0.3, -0.25) is 4.90 Å². The molecule has 0 spiro atoms. The average molecular weight is 287 g/mol. The van der Waals surface area contributed by atoms with Crippen molar-refractivity contribution in [1.29, 1.82) is 0 Å². The summed E-state index contributed by atoms with van der Waals surface area (Å²) in [7, 11) is 0. The van der Waals surface area contributed by atoms with E-state index >= 15 is 0 Å². The third-order valence-electron chi connectivity index (χ3n) is 2.79. The van der Waals surface area contributed by atoms with E-state index in [9.17, 15) is 4.79 Å². The van der Waals surface area contributed by atoms with E-state index in [1.54, 1.807) is 17.0 Å². The number of rotatable bonds is 1. The fourth-order valence-electron chi connectivity index (χ4n) is 2.00. The highest BCUT2D eigenvalue weighted by atomic mass is 35.5. The molecule has 1 saturated heterocycles. The van der Waals surface area contributed by atoms with Crippen molar-refractivity contribution in [3.8, 4) is 0 Å². The zero-order valence-corrected chi connectivity index (χ0v) is 12.2. The normalized spacial score (nSPS) is 20.4. The second-order valence-electron chi connectivity index (χ2n) is 5.54. The molecule has 1 aliphatic heterocycles. The molecule has 5 nitrogen and oxygen atoms in total. The number of halogens is 1. The van der Waals surface area contributed by atoms with Crippen molar-refractivity contribution in [3.63, 3.8) is 0 Å². The van der Waals surface area contributed by atoms with Crippen LogP contribution >= 0.6 is 11.6 Å². The lowest BCUT2D eigenvalue weighted by molar-refractivity contribution is 0.00933. The lowest BCUT2D eigenvalue weighted by Crippen LogP contribution is -2.50. The Morgan fingerprint density at radius 3 is 2.84 bits per heavy atom. The maximum atomic E-state index is 12.2. The van der Waals surface area contributed by atoms with Crippen molar-refractivity contribution in [1.82, 2.24) is 10.2 Å². The van der Waals surface area contributed by atoms with E-state index in [-0.39, 0.29) is 12.1 Å². The number of hydrogen-bond donors (Lipinski definition) is 1. The first-order valence-electron chi connectivity index (χ1n) is 6.32.